The van der Waals surface area contributed by atoms with Crippen molar-refractivity contribution in [2.75, 3.05) is 26.2 Å². The molecule has 2 N–H and O–H groups in total. The fourth-order valence-electron chi connectivity index (χ4n) is 3.50. The molecule has 1 saturated heterocycles. The fourth-order valence-corrected chi connectivity index (χ4v) is 3.50. The first-order chi connectivity index (χ1) is 9.51. The van der Waals surface area contributed by atoms with Gasteiger partial charge in [-0.15, -0.1) is 0 Å². The molecule has 1 atom stereocenters. The number of nitrogens with one attached hydrogen (secondary N) is 2. The number of amides is 1. The summed E-state index contributed by atoms with van der Waals surface area (Å²) in [6, 6.07) is 0.310. The lowest BCUT2D eigenvalue weighted by atomic mass is 9.84. The van der Waals surface area contributed by atoms with E-state index in [9.17, 15) is 4.79 Å². The van der Waals surface area contributed by atoms with Crippen LogP contribution in [-0.2, 0) is 4.79 Å². The molecule has 1 heterocycles. The van der Waals surface area contributed by atoms with E-state index in [-0.39, 0.29) is 5.91 Å². The minimum atomic E-state index is -0.398. The Morgan fingerprint density at radius 2 is 1.80 bits per heavy atom. The number of carbonyl (C=O) groups is 1. The second-order valence-corrected chi connectivity index (χ2v) is 6.96. The third kappa shape index (κ3) is 3.73. The minimum absolute atomic E-state index is 0.192. The molecule has 1 saturated carbocycles. The average Bonchev–Trinajstić information content (AvgIpc) is 2.49. The number of carbonyl (C=O) groups excluding carboxylic acids is 1. The fraction of sp³-hybridized carbons (Fsp3) is 0.938. The number of rotatable bonds is 4. The lowest BCUT2D eigenvalue weighted by Crippen LogP contribution is -2.61. The van der Waals surface area contributed by atoms with E-state index >= 15 is 0 Å². The SMILES string of the molecule is C[C@@H](NC(=O)C(C)(C)N1CCNCC1)C1CCCCC1. The van der Waals surface area contributed by atoms with Gasteiger partial charge in [0.1, 0.15) is 0 Å². The van der Waals surface area contributed by atoms with Crippen LogP contribution in [0.15, 0.2) is 0 Å². The van der Waals surface area contributed by atoms with Crippen LogP contribution in [0.1, 0.15) is 52.9 Å². The van der Waals surface area contributed by atoms with Crippen LogP contribution in [0.25, 0.3) is 0 Å². The van der Waals surface area contributed by atoms with Gasteiger partial charge in [0.15, 0.2) is 0 Å². The van der Waals surface area contributed by atoms with E-state index < -0.39 is 5.54 Å². The normalized spacial score (nSPS) is 24.4. The lowest BCUT2D eigenvalue weighted by molar-refractivity contribution is -0.133. The minimum Gasteiger partial charge on any atom is -0.352 e. The predicted octanol–water partition coefficient (Wildman–Crippen LogP) is 1.76. The van der Waals surface area contributed by atoms with Crippen molar-refractivity contribution in [3.8, 4) is 0 Å². The summed E-state index contributed by atoms with van der Waals surface area (Å²) in [6.45, 7) is 10.2. The zero-order valence-electron chi connectivity index (χ0n) is 13.4. The Bertz CT molecular complexity index is 318. The van der Waals surface area contributed by atoms with Crippen LogP contribution < -0.4 is 10.6 Å². The van der Waals surface area contributed by atoms with Gasteiger partial charge in [0, 0.05) is 32.2 Å². The topological polar surface area (TPSA) is 44.4 Å². The lowest BCUT2D eigenvalue weighted by Gasteiger charge is -2.41. The molecule has 0 aromatic carbocycles. The van der Waals surface area contributed by atoms with Crippen LogP contribution in [0, 0.1) is 5.92 Å². The molecule has 0 aromatic heterocycles. The highest BCUT2D eigenvalue weighted by molar-refractivity contribution is 5.85. The standard InChI is InChI=1S/C16H31N3O/c1-13(14-7-5-4-6-8-14)18-15(20)16(2,3)19-11-9-17-10-12-19/h13-14,17H,4-12H2,1-3H3,(H,18,20)/t13-/m1/s1. The van der Waals surface area contributed by atoms with Crippen molar-refractivity contribution in [2.24, 2.45) is 5.92 Å². The molecule has 0 radical (unpaired) electrons. The van der Waals surface area contributed by atoms with Crippen molar-refractivity contribution in [1.82, 2.24) is 15.5 Å². The van der Waals surface area contributed by atoms with Gasteiger partial charge in [-0.1, -0.05) is 19.3 Å². The van der Waals surface area contributed by atoms with E-state index in [4.69, 9.17) is 0 Å². The van der Waals surface area contributed by atoms with Crippen molar-refractivity contribution >= 4 is 5.91 Å². The van der Waals surface area contributed by atoms with E-state index in [2.05, 4.69) is 36.3 Å². The van der Waals surface area contributed by atoms with Crippen LogP contribution in [0.2, 0.25) is 0 Å². The third-order valence-corrected chi connectivity index (χ3v) is 5.18. The maximum atomic E-state index is 12.6. The average molecular weight is 281 g/mol. The van der Waals surface area contributed by atoms with Gasteiger partial charge in [-0.05, 0) is 39.5 Å². The first-order valence-corrected chi connectivity index (χ1v) is 8.28. The van der Waals surface area contributed by atoms with Crippen LogP contribution in [0.4, 0.5) is 0 Å². The molecule has 2 fully saturated rings. The summed E-state index contributed by atoms with van der Waals surface area (Å²) in [5, 5.41) is 6.63. The number of hydrogen-bond acceptors (Lipinski definition) is 3. The summed E-state index contributed by atoms with van der Waals surface area (Å²) < 4.78 is 0. The van der Waals surface area contributed by atoms with Gasteiger partial charge in [-0.2, -0.15) is 0 Å². The van der Waals surface area contributed by atoms with Gasteiger partial charge >= 0.3 is 0 Å². The molecule has 1 aliphatic heterocycles. The molecular weight excluding hydrogens is 250 g/mol. The second-order valence-electron chi connectivity index (χ2n) is 6.96. The number of hydrogen-bond donors (Lipinski definition) is 2. The molecule has 0 aromatic rings. The molecule has 2 rings (SSSR count). The number of piperazine rings is 1. The molecule has 2 aliphatic rings. The maximum absolute atomic E-state index is 12.6. The van der Waals surface area contributed by atoms with Crippen molar-refractivity contribution in [2.45, 2.75) is 64.5 Å². The Labute approximate surface area is 123 Å². The highest BCUT2D eigenvalue weighted by Crippen LogP contribution is 2.27. The van der Waals surface area contributed by atoms with E-state index in [1.807, 2.05) is 0 Å². The zero-order chi connectivity index (χ0) is 14.6. The van der Waals surface area contributed by atoms with Gasteiger partial charge in [0.25, 0.3) is 0 Å². The molecular formula is C16H31N3O. The van der Waals surface area contributed by atoms with Gasteiger partial charge in [-0.3, -0.25) is 9.69 Å². The largest absolute Gasteiger partial charge is 0.352 e. The molecule has 0 spiro atoms. The Balaban J connectivity index is 1.88. The van der Waals surface area contributed by atoms with E-state index in [1.165, 1.54) is 32.1 Å². The third-order valence-electron chi connectivity index (χ3n) is 5.18. The Hall–Kier alpha value is -0.610. The predicted molar refractivity (Wildman–Crippen MR) is 82.7 cm³/mol. The molecule has 1 aliphatic carbocycles. The van der Waals surface area contributed by atoms with Crippen LogP contribution in [0.3, 0.4) is 0 Å². The van der Waals surface area contributed by atoms with Gasteiger partial charge < -0.3 is 10.6 Å². The summed E-state index contributed by atoms with van der Waals surface area (Å²) in [6.07, 6.45) is 6.56. The van der Waals surface area contributed by atoms with Crippen molar-refractivity contribution < 1.29 is 4.79 Å². The molecule has 4 nitrogen and oxygen atoms in total. The van der Waals surface area contributed by atoms with Gasteiger partial charge in [0.2, 0.25) is 5.91 Å². The van der Waals surface area contributed by atoms with Gasteiger partial charge in [0.05, 0.1) is 5.54 Å². The van der Waals surface area contributed by atoms with Crippen LogP contribution >= 0.6 is 0 Å². The van der Waals surface area contributed by atoms with Crippen LogP contribution in [0.5, 0.6) is 0 Å². The van der Waals surface area contributed by atoms with Crippen molar-refractivity contribution in [3.63, 3.8) is 0 Å². The molecule has 116 valence electrons. The molecule has 1 amide bonds. The molecule has 4 heteroatoms. The highest BCUT2D eigenvalue weighted by atomic mass is 16.2. The molecule has 0 unspecified atom stereocenters. The second kappa shape index (κ2) is 6.90. The van der Waals surface area contributed by atoms with E-state index in [1.54, 1.807) is 0 Å². The number of nitrogens with zero attached hydrogens (tertiary/aromatic N) is 1. The maximum Gasteiger partial charge on any atom is 0.240 e. The van der Waals surface area contributed by atoms with E-state index in [0.29, 0.717) is 12.0 Å². The highest BCUT2D eigenvalue weighted by Gasteiger charge is 2.36. The molecule has 0 bridgehead atoms. The first kappa shape index (κ1) is 15.8. The first-order valence-electron chi connectivity index (χ1n) is 8.28. The van der Waals surface area contributed by atoms with E-state index in [0.717, 1.165) is 26.2 Å². The summed E-state index contributed by atoms with van der Waals surface area (Å²) >= 11 is 0. The Morgan fingerprint density at radius 1 is 1.20 bits per heavy atom. The summed E-state index contributed by atoms with van der Waals surface area (Å²) in [5.41, 5.74) is -0.398. The van der Waals surface area contributed by atoms with Crippen molar-refractivity contribution in [3.05, 3.63) is 0 Å². The molecule has 20 heavy (non-hydrogen) atoms. The zero-order valence-corrected chi connectivity index (χ0v) is 13.4. The Kier molecular flexibility index (Phi) is 5.44. The quantitative estimate of drug-likeness (QED) is 0.825. The Morgan fingerprint density at radius 3 is 2.40 bits per heavy atom. The van der Waals surface area contributed by atoms with Gasteiger partial charge in [-0.25, -0.2) is 0 Å². The van der Waals surface area contributed by atoms with Crippen molar-refractivity contribution in [1.29, 1.82) is 0 Å². The smallest absolute Gasteiger partial charge is 0.240 e. The monoisotopic (exact) mass is 281 g/mol. The van der Waals surface area contributed by atoms with Crippen LogP contribution in [-0.4, -0.2) is 48.6 Å². The summed E-state index contributed by atoms with van der Waals surface area (Å²) in [7, 11) is 0. The summed E-state index contributed by atoms with van der Waals surface area (Å²) in [4.78, 5) is 14.9. The summed E-state index contributed by atoms with van der Waals surface area (Å²) in [5.74, 6) is 0.865.